The SMILES string of the molecule is CC1OCCC1Nc1c(Cl)cncc1[N+](=O)[O-]. The Bertz CT molecular complexity index is 441. The third-order valence-corrected chi connectivity index (χ3v) is 3.07. The molecule has 2 heterocycles. The van der Waals surface area contributed by atoms with Crippen LogP contribution in [0.4, 0.5) is 11.4 Å². The van der Waals surface area contributed by atoms with Gasteiger partial charge in [-0.15, -0.1) is 0 Å². The summed E-state index contributed by atoms with van der Waals surface area (Å²) >= 11 is 5.93. The number of ether oxygens (including phenoxy) is 1. The Morgan fingerprint density at radius 1 is 1.65 bits per heavy atom. The number of pyridine rings is 1. The molecule has 1 fully saturated rings. The van der Waals surface area contributed by atoms with E-state index < -0.39 is 4.92 Å². The second-order valence-corrected chi connectivity index (χ2v) is 4.30. The molecule has 0 saturated carbocycles. The summed E-state index contributed by atoms with van der Waals surface area (Å²) in [5.41, 5.74) is 0.200. The molecular weight excluding hydrogens is 246 g/mol. The van der Waals surface area contributed by atoms with E-state index in [2.05, 4.69) is 10.3 Å². The average molecular weight is 258 g/mol. The van der Waals surface area contributed by atoms with E-state index in [0.29, 0.717) is 12.3 Å². The maximum atomic E-state index is 10.9. The van der Waals surface area contributed by atoms with Gasteiger partial charge in [-0.05, 0) is 13.3 Å². The summed E-state index contributed by atoms with van der Waals surface area (Å²) in [5, 5.41) is 14.2. The smallest absolute Gasteiger partial charge is 0.311 e. The minimum absolute atomic E-state index is 0.0128. The average Bonchev–Trinajstić information content (AvgIpc) is 2.67. The first-order chi connectivity index (χ1) is 8.09. The Morgan fingerprint density at radius 2 is 2.41 bits per heavy atom. The highest BCUT2D eigenvalue weighted by molar-refractivity contribution is 6.33. The third kappa shape index (κ3) is 2.48. The molecule has 1 aliphatic rings. The first-order valence-corrected chi connectivity index (χ1v) is 5.63. The van der Waals surface area contributed by atoms with Crippen LogP contribution in [0.1, 0.15) is 13.3 Å². The molecule has 1 N–H and O–H groups in total. The maximum absolute atomic E-state index is 10.9. The van der Waals surface area contributed by atoms with Crippen LogP contribution in [0, 0.1) is 10.1 Å². The van der Waals surface area contributed by atoms with Gasteiger partial charge in [0.15, 0.2) is 0 Å². The van der Waals surface area contributed by atoms with Crippen LogP contribution in [0.15, 0.2) is 12.4 Å². The monoisotopic (exact) mass is 257 g/mol. The molecule has 0 radical (unpaired) electrons. The fourth-order valence-corrected chi connectivity index (χ4v) is 2.02. The van der Waals surface area contributed by atoms with Crippen LogP contribution in [0.2, 0.25) is 5.02 Å². The van der Waals surface area contributed by atoms with Crippen LogP contribution in [-0.4, -0.2) is 28.7 Å². The number of nitro groups is 1. The van der Waals surface area contributed by atoms with Gasteiger partial charge in [0.1, 0.15) is 11.9 Å². The van der Waals surface area contributed by atoms with E-state index in [0.717, 1.165) is 6.42 Å². The van der Waals surface area contributed by atoms with Crippen LogP contribution in [0.5, 0.6) is 0 Å². The number of nitrogens with one attached hydrogen (secondary N) is 1. The first-order valence-electron chi connectivity index (χ1n) is 5.25. The lowest BCUT2D eigenvalue weighted by Crippen LogP contribution is -2.27. The molecule has 17 heavy (non-hydrogen) atoms. The van der Waals surface area contributed by atoms with Crippen LogP contribution >= 0.6 is 11.6 Å². The van der Waals surface area contributed by atoms with E-state index in [4.69, 9.17) is 16.3 Å². The number of anilines is 1. The molecule has 2 rings (SSSR count). The lowest BCUT2D eigenvalue weighted by molar-refractivity contribution is -0.384. The molecule has 0 amide bonds. The summed E-state index contributed by atoms with van der Waals surface area (Å²) in [6.45, 7) is 2.57. The highest BCUT2D eigenvalue weighted by atomic mass is 35.5. The number of hydrogen-bond donors (Lipinski definition) is 1. The van der Waals surface area contributed by atoms with Crippen molar-refractivity contribution in [2.24, 2.45) is 0 Å². The predicted octanol–water partition coefficient (Wildman–Crippen LogP) is 2.23. The molecule has 0 bridgehead atoms. The zero-order valence-corrected chi connectivity index (χ0v) is 9.98. The van der Waals surface area contributed by atoms with Crippen molar-refractivity contribution in [3.8, 4) is 0 Å². The Labute approximate surface area is 103 Å². The highest BCUT2D eigenvalue weighted by Crippen LogP contribution is 2.32. The zero-order valence-electron chi connectivity index (χ0n) is 9.22. The maximum Gasteiger partial charge on any atom is 0.311 e. The van der Waals surface area contributed by atoms with Crippen molar-refractivity contribution in [2.45, 2.75) is 25.5 Å². The van der Waals surface area contributed by atoms with E-state index in [1.807, 2.05) is 6.92 Å². The lowest BCUT2D eigenvalue weighted by Gasteiger charge is -2.17. The summed E-state index contributed by atoms with van der Waals surface area (Å²) < 4.78 is 5.39. The van der Waals surface area contributed by atoms with Crippen LogP contribution in [0.25, 0.3) is 0 Å². The minimum atomic E-state index is -0.498. The van der Waals surface area contributed by atoms with Crippen LogP contribution in [0.3, 0.4) is 0 Å². The summed E-state index contributed by atoms with van der Waals surface area (Å²) in [5.74, 6) is 0. The van der Waals surface area contributed by atoms with Crippen LogP contribution < -0.4 is 5.32 Å². The minimum Gasteiger partial charge on any atom is -0.376 e. The fraction of sp³-hybridized carbons (Fsp3) is 0.500. The molecule has 7 heteroatoms. The summed E-state index contributed by atoms with van der Waals surface area (Å²) in [6.07, 6.45) is 3.39. The highest BCUT2D eigenvalue weighted by Gasteiger charge is 2.27. The van der Waals surface area contributed by atoms with Gasteiger partial charge in [0.05, 0.1) is 22.1 Å². The van der Waals surface area contributed by atoms with Gasteiger partial charge in [0.2, 0.25) is 0 Å². The van der Waals surface area contributed by atoms with E-state index in [-0.39, 0.29) is 22.9 Å². The molecule has 1 aromatic rings. The number of aromatic nitrogens is 1. The number of hydrogen-bond acceptors (Lipinski definition) is 5. The van der Waals surface area contributed by atoms with Gasteiger partial charge in [-0.3, -0.25) is 15.1 Å². The quantitative estimate of drug-likeness (QED) is 0.664. The Hall–Kier alpha value is -1.40. The fourth-order valence-electron chi connectivity index (χ4n) is 1.81. The second kappa shape index (κ2) is 4.85. The molecule has 2 unspecified atom stereocenters. The Balaban J connectivity index is 2.27. The van der Waals surface area contributed by atoms with Crippen molar-refractivity contribution in [3.63, 3.8) is 0 Å². The molecule has 0 spiro atoms. The van der Waals surface area contributed by atoms with Crippen molar-refractivity contribution in [2.75, 3.05) is 11.9 Å². The van der Waals surface area contributed by atoms with Gasteiger partial charge >= 0.3 is 5.69 Å². The van der Waals surface area contributed by atoms with Gasteiger partial charge < -0.3 is 10.1 Å². The summed E-state index contributed by atoms with van der Waals surface area (Å²) in [7, 11) is 0. The second-order valence-electron chi connectivity index (χ2n) is 3.89. The normalized spacial score (nSPS) is 23.6. The molecular formula is C10H12ClN3O3. The van der Waals surface area contributed by atoms with Gasteiger partial charge in [-0.2, -0.15) is 0 Å². The number of nitrogens with zero attached hydrogens (tertiary/aromatic N) is 2. The zero-order chi connectivity index (χ0) is 12.4. The van der Waals surface area contributed by atoms with Gasteiger partial charge in [0.25, 0.3) is 0 Å². The number of halogens is 1. The molecule has 2 atom stereocenters. The molecule has 1 saturated heterocycles. The molecule has 0 aliphatic carbocycles. The summed E-state index contributed by atoms with van der Waals surface area (Å²) in [4.78, 5) is 14.1. The summed E-state index contributed by atoms with van der Waals surface area (Å²) in [6, 6.07) is 0.0357. The van der Waals surface area contributed by atoms with Crippen molar-refractivity contribution in [3.05, 3.63) is 27.5 Å². The Morgan fingerprint density at radius 3 is 3.00 bits per heavy atom. The molecule has 6 nitrogen and oxygen atoms in total. The molecule has 1 aliphatic heterocycles. The van der Waals surface area contributed by atoms with Crippen molar-refractivity contribution in [1.82, 2.24) is 4.98 Å². The topological polar surface area (TPSA) is 77.3 Å². The van der Waals surface area contributed by atoms with Crippen molar-refractivity contribution in [1.29, 1.82) is 0 Å². The van der Waals surface area contributed by atoms with Crippen molar-refractivity contribution < 1.29 is 9.66 Å². The predicted molar refractivity (Wildman–Crippen MR) is 63.3 cm³/mol. The van der Waals surface area contributed by atoms with E-state index in [9.17, 15) is 10.1 Å². The van der Waals surface area contributed by atoms with E-state index in [1.165, 1.54) is 12.4 Å². The van der Waals surface area contributed by atoms with Gasteiger partial charge in [-0.1, -0.05) is 11.6 Å². The van der Waals surface area contributed by atoms with Gasteiger partial charge in [-0.25, -0.2) is 0 Å². The first kappa shape index (κ1) is 12.1. The van der Waals surface area contributed by atoms with Crippen LogP contribution in [-0.2, 0) is 4.74 Å². The molecule has 92 valence electrons. The third-order valence-electron chi connectivity index (χ3n) is 2.78. The van der Waals surface area contributed by atoms with Crippen molar-refractivity contribution >= 4 is 23.0 Å². The van der Waals surface area contributed by atoms with E-state index in [1.54, 1.807) is 0 Å². The lowest BCUT2D eigenvalue weighted by atomic mass is 10.1. The standard InChI is InChI=1S/C10H12ClN3O3/c1-6-8(2-3-17-6)13-10-7(11)4-12-5-9(10)14(15)16/h4-6,8H,2-3H2,1H3,(H,12,13). The largest absolute Gasteiger partial charge is 0.376 e. The molecule has 0 aromatic carbocycles. The number of rotatable bonds is 3. The van der Waals surface area contributed by atoms with E-state index >= 15 is 0 Å². The Kier molecular flexibility index (Phi) is 3.44. The molecule has 1 aromatic heterocycles. The van der Waals surface area contributed by atoms with Gasteiger partial charge in [0, 0.05) is 12.8 Å².